The van der Waals surface area contributed by atoms with E-state index in [0.717, 1.165) is 43.5 Å². The number of hydrogen-bond acceptors (Lipinski definition) is 1. The molecule has 0 heterocycles. The quantitative estimate of drug-likeness (QED) is 0.125. The molecule has 4 aromatic carbocycles. The minimum Gasteiger partial charge on any atom is -0.429 e. The van der Waals surface area contributed by atoms with E-state index in [1.165, 1.54) is 12.1 Å². The third-order valence-corrected chi connectivity index (χ3v) is 6.14. The SMILES string of the molecule is C#Cc1c(F)cc2cc(OC(F)(F)c3c(F)cc(-c4ccc(CCCCC)cc4F)cc3F)ccc2c1F. The summed E-state index contributed by atoms with van der Waals surface area (Å²) < 4.78 is 107. The second-order valence-corrected chi connectivity index (χ2v) is 8.78. The number of halogens is 7. The maximum absolute atomic E-state index is 14.9. The number of unbranched alkanes of at least 4 members (excludes halogenated alkanes) is 2. The zero-order valence-corrected chi connectivity index (χ0v) is 20.2. The van der Waals surface area contributed by atoms with Crippen LogP contribution in [-0.4, -0.2) is 0 Å². The summed E-state index contributed by atoms with van der Waals surface area (Å²) in [5.41, 5.74) is -2.02. The second-order valence-electron chi connectivity index (χ2n) is 8.78. The zero-order chi connectivity index (χ0) is 27.6. The molecule has 0 aromatic heterocycles. The number of ether oxygens (including phenoxy) is 1. The van der Waals surface area contributed by atoms with Gasteiger partial charge in [-0.2, -0.15) is 8.78 Å². The number of fused-ring (bicyclic) bond motifs is 1. The Morgan fingerprint density at radius 2 is 1.53 bits per heavy atom. The van der Waals surface area contributed by atoms with Crippen LogP contribution in [0.1, 0.15) is 42.9 Å². The molecule has 0 unspecified atom stereocenters. The summed E-state index contributed by atoms with van der Waals surface area (Å²) >= 11 is 0. The molecule has 0 saturated heterocycles. The van der Waals surface area contributed by atoms with Crippen LogP contribution in [0.4, 0.5) is 30.7 Å². The molecule has 0 fully saturated rings. The van der Waals surface area contributed by atoms with Gasteiger partial charge in [-0.3, -0.25) is 0 Å². The number of rotatable bonds is 8. The average Bonchev–Trinajstić information content (AvgIpc) is 2.83. The van der Waals surface area contributed by atoms with E-state index in [9.17, 15) is 30.7 Å². The molecule has 0 aliphatic heterocycles. The standard InChI is InChI=1S/C30H21F7O/c1-3-5-6-7-17-8-10-22(24(31)12-17)19-15-26(33)28(27(34)16-19)30(36,37)38-20-9-11-23-18(13-20)14-25(32)21(4-2)29(23)35/h2,8-16H,3,5-7H2,1H3. The molecule has 0 saturated carbocycles. The zero-order valence-electron chi connectivity index (χ0n) is 20.2. The Morgan fingerprint density at radius 3 is 2.16 bits per heavy atom. The van der Waals surface area contributed by atoms with Crippen LogP contribution in [0.5, 0.6) is 5.75 Å². The molecule has 4 rings (SSSR count). The summed E-state index contributed by atoms with van der Waals surface area (Å²) in [6.07, 6.45) is 4.02. The van der Waals surface area contributed by atoms with Crippen molar-refractivity contribution in [3.8, 4) is 29.2 Å². The topological polar surface area (TPSA) is 9.23 Å². The molecule has 0 N–H and O–H groups in total. The van der Waals surface area contributed by atoms with Crippen molar-refractivity contribution in [3.63, 3.8) is 0 Å². The van der Waals surface area contributed by atoms with E-state index in [1.807, 2.05) is 12.8 Å². The van der Waals surface area contributed by atoms with Crippen LogP contribution in [0, 0.1) is 41.4 Å². The van der Waals surface area contributed by atoms with Gasteiger partial charge < -0.3 is 4.74 Å². The van der Waals surface area contributed by atoms with Crippen molar-refractivity contribution in [1.82, 2.24) is 0 Å². The third-order valence-electron chi connectivity index (χ3n) is 6.14. The predicted octanol–water partition coefficient (Wildman–Crippen LogP) is 9.04. The number of terminal acetylenes is 1. The van der Waals surface area contributed by atoms with Gasteiger partial charge in [0.2, 0.25) is 0 Å². The van der Waals surface area contributed by atoms with Crippen LogP contribution in [-0.2, 0) is 12.5 Å². The molecule has 38 heavy (non-hydrogen) atoms. The lowest BCUT2D eigenvalue weighted by molar-refractivity contribution is -0.189. The summed E-state index contributed by atoms with van der Waals surface area (Å²) in [6, 6.07) is 9.08. The molecule has 0 aliphatic rings. The van der Waals surface area contributed by atoms with Crippen molar-refractivity contribution in [2.24, 2.45) is 0 Å². The first kappa shape index (κ1) is 27.1. The predicted molar refractivity (Wildman–Crippen MR) is 131 cm³/mol. The third kappa shape index (κ3) is 5.33. The van der Waals surface area contributed by atoms with Crippen molar-refractivity contribution in [1.29, 1.82) is 0 Å². The second kappa shape index (κ2) is 10.8. The van der Waals surface area contributed by atoms with Gasteiger partial charge >= 0.3 is 6.11 Å². The van der Waals surface area contributed by atoms with E-state index >= 15 is 0 Å². The summed E-state index contributed by atoms with van der Waals surface area (Å²) in [6.45, 7) is 2.03. The summed E-state index contributed by atoms with van der Waals surface area (Å²) in [5.74, 6) is -4.95. The van der Waals surface area contributed by atoms with Gasteiger partial charge in [-0.25, -0.2) is 22.0 Å². The monoisotopic (exact) mass is 530 g/mol. The van der Waals surface area contributed by atoms with Gasteiger partial charge in [0.05, 0.1) is 5.56 Å². The molecular formula is C30H21F7O. The molecule has 0 bridgehead atoms. The smallest absolute Gasteiger partial charge is 0.429 e. The van der Waals surface area contributed by atoms with Crippen LogP contribution in [0.15, 0.2) is 54.6 Å². The molecule has 0 radical (unpaired) electrons. The largest absolute Gasteiger partial charge is 0.432 e. The van der Waals surface area contributed by atoms with Crippen molar-refractivity contribution < 1.29 is 35.5 Å². The minimum atomic E-state index is -4.52. The van der Waals surface area contributed by atoms with Crippen molar-refractivity contribution >= 4 is 10.8 Å². The fraction of sp³-hybridized carbons (Fsp3) is 0.200. The lowest BCUT2D eigenvalue weighted by atomic mass is 9.99. The number of benzene rings is 4. The highest BCUT2D eigenvalue weighted by Gasteiger charge is 2.41. The lowest BCUT2D eigenvalue weighted by Crippen LogP contribution is -2.25. The Balaban J connectivity index is 1.64. The number of hydrogen-bond donors (Lipinski definition) is 0. The molecule has 0 amide bonds. The maximum atomic E-state index is 14.9. The van der Waals surface area contributed by atoms with Crippen molar-refractivity contribution in [2.75, 3.05) is 0 Å². The Labute approximate surface area is 214 Å². The normalized spacial score (nSPS) is 11.6. The first-order valence-electron chi connectivity index (χ1n) is 11.8. The van der Waals surface area contributed by atoms with Gasteiger partial charge in [0.25, 0.3) is 0 Å². The first-order chi connectivity index (χ1) is 18.1. The number of alkyl halides is 2. The molecule has 1 nitrogen and oxygen atoms in total. The van der Waals surface area contributed by atoms with Crippen LogP contribution < -0.4 is 4.74 Å². The van der Waals surface area contributed by atoms with E-state index in [-0.39, 0.29) is 21.9 Å². The Morgan fingerprint density at radius 1 is 0.816 bits per heavy atom. The molecule has 0 spiro atoms. The Bertz CT molecular complexity index is 1530. The first-order valence-corrected chi connectivity index (χ1v) is 11.8. The van der Waals surface area contributed by atoms with Gasteiger partial charge in [0.1, 0.15) is 40.4 Å². The number of aryl methyl sites for hydroxylation is 1. The highest BCUT2D eigenvalue weighted by molar-refractivity contribution is 5.86. The van der Waals surface area contributed by atoms with Gasteiger partial charge in [-0.1, -0.05) is 37.8 Å². The van der Waals surface area contributed by atoms with Crippen LogP contribution in [0.25, 0.3) is 21.9 Å². The molecule has 8 heteroatoms. The highest BCUT2D eigenvalue weighted by atomic mass is 19.3. The van der Waals surface area contributed by atoms with Crippen LogP contribution in [0.2, 0.25) is 0 Å². The Hall–Kier alpha value is -3.99. The lowest BCUT2D eigenvalue weighted by Gasteiger charge is -2.20. The maximum Gasteiger partial charge on any atom is 0.432 e. The van der Waals surface area contributed by atoms with Crippen molar-refractivity contribution in [2.45, 2.75) is 38.7 Å². The van der Waals surface area contributed by atoms with Crippen LogP contribution >= 0.6 is 0 Å². The molecule has 4 aromatic rings. The molecule has 0 atom stereocenters. The fourth-order valence-corrected chi connectivity index (χ4v) is 4.24. The van der Waals surface area contributed by atoms with E-state index < -0.39 is 52.1 Å². The summed E-state index contributed by atoms with van der Waals surface area (Å²) in [7, 11) is 0. The van der Waals surface area contributed by atoms with Gasteiger partial charge in [-0.15, -0.1) is 6.42 Å². The fourth-order valence-electron chi connectivity index (χ4n) is 4.24. The van der Waals surface area contributed by atoms with Gasteiger partial charge in [-0.05, 0) is 71.8 Å². The minimum absolute atomic E-state index is 0.150. The van der Waals surface area contributed by atoms with Gasteiger partial charge in [0.15, 0.2) is 0 Å². The molecule has 196 valence electrons. The van der Waals surface area contributed by atoms with Gasteiger partial charge in [0, 0.05) is 10.9 Å². The van der Waals surface area contributed by atoms with E-state index in [4.69, 9.17) is 6.42 Å². The van der Waals surface area contributed by atoms with E-state index in [1.54, 1.807) is 6.07 Å². The van der Waals surface area contributed by atoms with Crippen LogP contribution in [0.3, 0.4) is 0 Å². The molecule has 0 aliphatic carbocycles. The Kier molecular flexibility index (Phi) is 7.68. The summed E-state index contributed by atoms with van der Waals surface area (Å²) in [5, 5.41) is -0.313. The van der Waals surface area contributed by atoms with E-state index in [2.05, 4.69) is 4.74 Å². The molecular weight excluding hydrogens is 509 g/mol. The average molecular weight is 530 g/mol. The highest BCUT2D eigenvalue weighted by Crippen LogP contribution is 2.38. The summed E-state index contributed by atoms with van der Waals surface area (Å²) in [4.78, 5) is 0. The van der Waals surface area contributed by atoms with Crippen molar-refractivity contribution in [3.05, 3.63) is 100 Å². The van der Waals surface area contributed by atoms with E-state index in [0.29, 0.717) is 24.1 Å².